The van der Waals surface area contributed by atoms with Gasteiger partial charge in [0.25, 0.3) is 5.91 Å². The molecule has 0 N–H and O–H groups in total. The van der Waals surface area contributed by atoms with E-state index >= 15 is 0 Å². The van der Waals surface area contributed by atoms with Crippen LogP contribution in [0.1, 0.15) is 16.9 Å². The van der Waals surface area contributed by atoms with Gasteiger partial charge >= 0.3 is 0 Å². The molecule has 1 fully saturated rings. The largest absolute Gasteiger partial charge is 0.465 e. The number of rotatable bonds is 6. The highest BCUT2D eigenvalue weighted by atomic mass is 16.3. The third-order valence-corrected chi connectivity index (χ3v) is 5.28. The summed E-state index contributed by atoms with van der Waals surface area (Å²) < 4.78 is 5.46. The first-order valence-corrected chi connectivity index (χ1v) is 10.3. The molecule has 4 nitrogen and oxygen atoms in total. The van der Waals surface area contributed by atoms with Crippen LogP contribution >= 0.6 is 0 Å². The van der Waals surface area contributed by atoms with Crippen LogP contribution in [0.25, 0.3) is 17.7 Å². The smallest absolute Gasteiger partial charge is 0.254 e. The van der Waals surface area contributed by atoms with Crippen LogP contribution in [0, 0.1) is 0 Å². The number of amides is 1. The summed E-state index contributed by atoms with van der Waals surface area (Å²) in [4.78, 5) is 17.6. The fourth-order valence-corrected chi connectivity index (χ4v) is 3.61. The van der Waals surface area contributed by atoms with Crippen molar-refractivity contribution in [3.05, 3.63) is 102 Å². The van der Waals surface area contributed by atoms with Gasteiger partial charge in [0.1, 0.15) is 5.76 Å². The van der Waals surface area contributed by atoms with Gasteiger partial charge < -0.3 is 9.32 Å². The van der Waals surface area contributed by atoms with Crippen molar-refractivity contribution in [2.45, 2.75) is 0 Å². The zero-order chi connectivity index (χ0) is 20.6. The molecule has 0 unspecified atom stereocenters. The zero-order valence-electron chi connectivity index (χ0n) is 17.0. The van der Waals surface area contributed by atoms with Gasteiger partial charge in [0, 0.05) is 32.7 Å². The molecular formula is C26H26N2O2. The lowest BCUT2D eigenvalue weighted by Crippen LogP contribution is -2.48. The van der Waals surface area contributed by atoms with Crippen LogP contribution in [0.2, 0.25) is 0 Å². The fourth-order valence-electron chi connectivity index (χ4n) is 3.61. The van der Waals surface area contributed by atoms with Gasteiger partial charge in [-0.25, -0.2) is 0 Å². The Morgan fingerprint density at radius 1 is 0.867 bits per heavy atom. The van der Waals surface area contributed by atoms with Gasteiger partial charge in [0.2, 0.25) is 0 Å². The number of furan rings is 1. The molecule has 1 aliphatic heterocycles. The van der Waals surface area contributed by atoms with Crippen LogP contribution < -0.4 is 0 Å². The number of nitrogens with zero attached hydrogens (tertiary/aromatic N) is 2. The summed E-state index contributed by atoms with van der Waals surface area (Å²) in [7, 11) is 0. The Morgan fingerprint density at radius 3 is 2.23 bits per heavy atom. The average Bonchev–Trinajstić information content (AvgIpc) is 3.32. The van der Waals surface area contributed by atoms with Crippen LogP contribution in [0.5, 0.6) is 0 Å². The molecule has 0 spiro atoms. The second kappa shape index (κ2) is 9.90. The number of benzene rings is 2. The van der Waals surface area contributed by atoms with Crippen LogP contribution in [-0.4, -0.2) is 48.4 Å². The van der Waals surface area contributed by atoms with Gasteiger partial charge in [-0.1, -0.05) is 72.8 Å². The molecule has 1 aromatic heterocycles. The first-order valence-electron chi connectivity index (χ1n) is 10.3. The molecule has 30 heavy (non-hydrogen) atoms. The SMILES string of the molecule is O=C(/C(=C/c1ccco1)c1ccccc1)N1CCN(C/C=C/c2ccccc2)CC1. The quantitative estimate of drug-likeness (QED) is 0.566. The molecule has 3 aromatic rings. The fraction of sp³-hybridized carbons (Fsp3) is 0.192. The third kappa shape index (κ3) is 5.16. The van der Waals surface area contributed by atoms with E-state index in [1.54, 1.807) is 6.26 Å². The Hall–Kier alpha value is -3.37. The zero-order valence-corrected chi connectivity index (χ0v) is 17.0. The molecule has 1 amide bonds. The van der Waals surface area contributed by atoms with Crippen LogP contribution in [0.4, 0.5) is 0 Å². The Kier molecular flexibility index (Phi) is 6.58. The van der Waals surface area contributed by atoms with Gasteiger partial charge in [0.05, 0.1) is 11.8 Å². The van der Waals surface area contributed by atoms with Crippen molar-refractivity contribution in [3.63, 3.8) is 0 Å². The number of piperazine rings is 1. The van der Waals surface area contributed by atoms with Gasteiger partial charge in [-0.3, -0.25) is 9.69 Å². The summed E-state index contributed by atoms with van der Waals surface area (Å²) >= 11 is 0. The highest BCUT2D eigenvalue weighted by Crippen LogP contribution is 2.22. The van der Waals surface area contributed by atoms with Crippen LogP contribution in [-0.2, 0) is 4.79 Å². The number of carbonyl (C=O) groups is 1. The lowest BCUT2D eigenvalue weighted by molar-refractivity contribution is -0.126. The summed E-state index contributed by atoms with van der Waals surface area (Å²) in [5, 5.41) is 0. The van der Waals surface area contributed by atoms with E-state index in [1.807, 2.05) is 71.6 Å². The molecule has 2 aromatic carbocycles. The first kappa shape index (κ1) is 19.9. The summed E-state index contributed by atoms with van der Waals surface area (Å²) in [6.45, 7) is 4.08. The highest BCUT2D eigenvalue weighted by Gasteiger charge is 2.24. The maximum absolute atomic E-state index is 13.3. The summed E-state index contributed by atoms with van der Waals surface area (Å²) in [5.74, 6) is 0.740. The van der Waals surface area contributed by atoms with Gasteiger partial charge in [0.15, 0.2) is 0 Å². The first-order chi connectivity index (χ1) is 14.8. The van der Waals surface area contributed by atoms with E-state index in [4.69, 9.17) is 4.42 Å². The summed E-state index contributed by atoms with van der Waals surface area (Å²) in [6.07, 6.45) is 7.81. The van der Waals surface area contributed by atoms with E-state index < -0.39 is 0 Å². The molecule has 0 atom stereocenters. The Morgan fingerprint density at radius 2 is 1.57 bits per heavy atom. The molecule has 152 valence electrons. The standard InChI is InChI=1S/C26H26N2O2/c29-26(25(21-24-14-8-20-30-24)23-12-5-2-6-13-23)28-18-16-27(17-19-28)15-7-11-22-9-3-1-4-10-22/h1-14,20-21H,15-19H2/b11-7+,25-21+. The monoisotopic (exact) mass is 398 g/mol. The van der Waals surface area contributed by atoms with Crippen molar-refractivity contribution in [1.29, 1.82) is 0 Å². The minimum absolute atomic E-state index is 0.0528. The second-order valence-corrected chi connectivity index (χ2v) is 7.35. The number of hydrogen-bond donors (Lipinski definition) is 0. The van der Waals surface area contributed by atoms with Gasteiger partial charge in [-0.2, -0.15) is 0 Å². The molecular weight excluding hydrogens is 372 g/mol. The van der Waals surface area contributed by atoms with E-state index in [2.05, 4.69) is 29.2 Å². The van der Waals surface area contributed by atoms with Gasteiger partial charge in [-0.15, -0.1) is 0 Å². The predicted octanol–water partition coefficient (Wildman–Crippen LogP) is 4.68. The van der Waals surface area contributed by atoms with Crippen molar-refractivity contribution < 1.29 is 9.21 Å². The minimum Gasteiger partial charge on any atom is -0.465 e. The Labute approximate surface area is 177 Å². The van der Waals surface area contributed by atoms with Crippen molar-refractivity contribution in [1.82, 2.24) is 9.80 Å². The molecule has 0 aliphatic carbocycles. The second-order valence-electron chi connectivity index (χ2n) is 7.35. The lowest BCUT2D eigenvalue weighted by atomic mass is 10.0. The van der Waals surface area contributed by atoms with Crippen LogP contribution in [0.15, 0.2) is 89.6 Å². The van der Waals surface area contributed by atoms with Crippen molar-refractivity contribution in [3.8, 4) is 0 Å². The van der Waals surface area contributed by atoms with E-state index in [0.29, 0.717) is 11.3 Å². The molecule has 0 bridgehead atoms. The van der Waals surface area contributed by atoms with Gasteiger partial charge in [-0.05, 0) is 29.3 Å². The maximum Gasteiger partial charge on any atom is 0.254 e. The molecule has 0 radical (unpaired) electrons. The average molecular weight is 399 g/mol. The van der Waals surface area contributed by atoms with E-state index in [1.165, 1.54) is 5.56 Å². The van der Waals surface area contributed by atoms with E-state index in [0.717, 1.165) is 38.3 Å². The molecule has 1 saturated heterocycles. The van der Waals surface area contributed by atoms with Crippen LogP contribution in [0.3, 0.4) is 0 Å². The van der Waals surface area contributed by atoms with Crippen molar-refractivity contribution in [2.75, 3.05) is 32.7 Å². The molecule has 0 saturated carbocycles. The van der Waals surface area contributed by atoms with Crippen molar-refractivity contribution in [2.24, 2.45) is 0 Å². The maximum atomic E-state index is 13.3. The van der Waals surface area contributed by atoms with E-state index in [-0.39, 0.29) is 5.91 Å². The molecule has 1 aliphatic rings. The Balaban J connectivity index is 1.39. The number of carbonyl (C=O) groups excluding carboxylic acids is 1. The summed E-state index contributed by atoms with van der Waals surface area (Å²) in [6, 6.07) is 23.8. The van der Waals surface area contributed by atoms with E-state index in [9.17, 15) is 4.79 Å². The van der Waals surface area contributed by atoms with Crippen molar-refractivity contribution >= 4 is 23.6 Å². The topological polar surface area (TPSA) is 36.7 Å². The summed E-state index contributed by atoms with van der Waals surface area (Å²) in [5.41, 5.74) is 2.79. The normalized spacial score (nSPS) is 15.6. The molecule has 2 heterocycles. The molecule has 4 heteroatoms. The highest BCUT2D eigenvalue weighted by molar-refractivity contribution is 6.24. The minimum atomic E-state index is 0.0528. The Bertz CT molecular complexity index is 984. The molecule has 4 rings (SSSR count). The predicted molar refractivity (Wildman–Crippen MR) is 122 cm³/mol. The lowest BCUT2D eigenvalue weighted by Gasteiger charge is -2.34. The third-order valence-electron chi connectivity index (χ3n) is 5.28. The number of hydrogen-bond acceptors (Lipinski definition) is 3.